The summed E-state index contributed by atoms with van der Waals surface area (Å²) in [7, 11) is 6.34. The van der Waals surface area contributed by atoms with Gasteiger partial charge in [-0.1, -0.05) is 24.4 Å². The molecule has 0 spiro atoms. The smallest absolute Gasteiger partial charge is 0.219 e. The zero-order valence-electron chi connectivity index (χ0n) is 19.0. The van der Waals surface area contributed by atoms with Crippen LogP contribution in [0, 0.1) is 0 Å². The Morgan fingerprint density at radius 2 is 1.73 bits per heavy atom. The third-order valence-corrected chi connectivity index (χ3v) is 8.23. The largest absolute Gasteiger partial charge is 0.495 e. The predicted octanol–water partition coefficient (Wildman–Crippen LogP) is 4.88. The third-order valence-electron chi connectivity index (χ3n) is 7.93. The van der Waals surface area contributed by atoms with Crippen LogP contribution in [-0.4, -0.2) is 75.4 Å². The minimum Gasteiger partial charge on any atom is -0.495 e. The molecule has 166 valence electrons. The topological polar surface area (TPSA) is 24.8 Å². The van der Waals surface area contributed by atoms with Crippen molar-refractivity contribution in [2.24, 2.45) is 4.99 Å². The Labute approximate surface area is 187 Å². The van der Waals surface area contributed by atoms with E-state index in [1.54, 1.807) is 7.11 Å². The van der Waals surface area contributed by atoms with Crippen molar-refractivity contribution >= 4 is 23.6 Å². The molecule has 1 aromatic rings. The standard InChI is InChI=1S/C24H39ClN4O/c1-27-14-12-20(13-15-27)28(2)17-26-18-29(19-28,21-8-6-4-5-7-9-21)22-10-11-24(30-3)23(25)16-22/h10-11,16-17,20-21H,4-9,12-15,18-19H2,1-3H3/q+2. The molecule has 0 aromatic heterocycles. The maximum absolute atomic E-state index is 6.63. The van der Waals surface area contributed by atoms with Crippen LogP contribution in [0.3, 0.4) is 0 Å². The second-order valence-corrected chi connectivity index (χ2v) is 10.4. The number of ether oxygens (including phenoxy) is 1. The number of aliphatic imine (C=N–C) groups is 1. The number of likely N-dealkylation sites (tertiary alicyclic amines) is 1. The first-order valence-corrected chi connectivity index (χ1v) is 12.1. The summed E-state index contributed by atoms with van der Waals surface area (Å²) in [5, 5.41) is 0.712. The van der Waals surface area contributed by atoms with Gasteiger partial charge in [0.05, 0.1) is 25.2 Å². The van der Waals surface area contributed by atoms with Crippen molar-refractivity contribution in [2.45, 2.75) is 63.5 Å². The van der Waals surface area contributed by atoms with Crippen LogP contribution < -0.4 is 9.22 Å². The Morgan fingerprint density at radius 1 is 1.03 bits per heavy atom. The van der Waals surface area contributed by atoms with Crippen molar-refractivity contribution in [2.75, 3.05) is 47.6 Å². The van der Waals surface area contributed by atoms with Crippen LogP contribution in [0.2, 0.25) is 5.02 Å². The SMILES string of the molecule is COc1ccc([N+]2(C3CCCCCC3)CN=C[N+](C)(C3CCN(C)CC3)C2)cc1Cl. The summed E-state index contributed by atoms with van der Waals surface area (Å²) in [6.45, 7) is 4.27. The van der Waals surface area contributed by atoms with Crippen molar-refractivity contribution in [3.05, 3.63) is 23.2 Å². The lowest BCUT2D eigenvalue weighted by molar-refractivity contribution is -0.856. The van der Waals surface area contributed by atoms with Crippen molar-refractivity contribution in [3.8, 4) is 5.75 Å². The summed E-state index contributed by atoms with van der Waals surface area (Å²) in [6, 6.07) is 7.70. The maximum Gasteiger partial charge on any atom is 0.219 e. The fourth-order valence-electron chi connectivity index (χ4n) is 6.08. The van der Waals surface area contributed by atoms with E-state index < -0.39 is 0 Å². The molecule has 4 rings (SSSR count). The predicted molar refractivity (Wildman–Crippen MR) is 126 cm³/mol. The molecule has 2 aliphatic heterocycles. The summed E-state index contributed by atoms with van der Waals surface area (Å²) in [6.07, 6.45) is 12.7. The number of methoxy groups -OCH3 is 1. The molecule has 2 unspecified atom stereocenters. The molecule has 30 heavy (non-hydrogen) atoms. The summed E-state index contributed by atoms with van der Waals surface area (Å²) in [5.41, 5.74) is 1.31. The van der Waals surface area contributed by atoms with Crippen LogP contribution in [0.25, 0.3) is 0 Å². The molecule has 0 amide bonds. The van der Waals surface area contributed by atoms with Crippen LogP contribution in [0.1, 0.15) is 51.4 Å². The number of hydrogen-bond acceptors (Lipinski definition) is 3. The van der Waals surface area contributed by atoms with Gasteiger partial charge in [-0.25, -0.2) is 8.97 Å². The van der Waals surface area contributed by atoms with Gasteiger partial charge in [0.25, 0.3) is 0 Å². The highest BCUT2D eigenvalue weighted by atomic mass is 35.5. The zero-order valence-corrected chi connectivity index (χ0v) is 19.8. The van der Waals surface area contributed by atoms with Gasteiger partial charge in [0.2, 0.25) is 6.67 Å². The molecular formula is C24H39ClN4O+2. The summed E-state index contributed by atoms with van der Waals surface area (Å²) in [4.78, 5) is 7.52. The van der Waals surface area contributed by atoms with Crippen LogP contribution in [0.15, 0.2) is 23.2 Å². The molecule has 0 bridgehead atoms. The Balaban J connectivity index is 1.72. The van der Waals surface area contributed by atoms with E-state index >= 15 is 0 Å². The van der Waals surface area contributed by atoms with E-state index in [-0.39, 0.29) is 0 Å². The lowest BCUT2D eigenvalue weighted by Crippen LogP contribution is -2.71. The first-order chi connectivity index (χ1) is 14.5. The Kier molecular flexibility index (Phi) is 6.73. The minimum atomic E-state index is 0.609. The second-order valence-electron chi connectivity index (χ2n) is 9.96. The number of quaternary nitrogens is 2. The number of hydrogen-bond donors (Lipinski definition) is 0. The van der Waals surface area contributed by atoms with Gasteiger partial charge in [-0.2, -0.15) is 4.99 Å². The fraction of sp³-hybridized carbons (Fsp3) is 0.708. The molecule has 0 radical (unpaired) electrons. The third kappa shape index (κ3) is 4.27. The monoisotopic (exact) mass is 434 g/mol. The quantitative estimate of drug-likeness (QED) is 0.498. The van der Waals surface area contributed by atoms with Gasteiger partial charge in [-0.3, -0.25) is 0 Å². The first kappa shape index (κ1) is 22.1. The van der Waals surface area contributed by atoms with Gasteiger partial charge < -0.3 is 9.64 Å². The highest BCUT2D eigenvalue weighted by molar-refractivity contribution is 6.32. The fourth-order valence-corrected chi connectivity index (χ4v) is 6.33. The summed E-state index contributed by atoms with van der Waals surface area (Å²) < 4.78 is 7.33. The Hall–Kier alpha value is -1.14. The van der Waals surface area contributed by atoms with E-state index in [9.17, 15) is 0 Å². The number of piperidine rings is 1. The normalized spacial score (nSPS) is 32.1. The van der Waals surface area contributed by atoms with Crippen molar-refractivity contribution in [1.29, 1.82) is 0 Å². The van der Waals surface area contributed by atoms with Gasteiger partial charge in [0.1, 0.15) is 17.5 Å². The average Bonchev–Trinajstić information content (AvgIpc) is 3.04. The number of nitrogens with zero attached hydrogens (tertiary/aromatic N) is 4. The van der Waals surface area contributed by atoms with Crippen LogP contribution in [0.5, 0.6) is 5.75 Å². The lowest BCUT2D eigenvalue weighted by Gasteiger charge is -2.51. The number of benzene rings is 1. The van der Waals surface area contributed by atoms with Crippen molar-refractivity contribution in [1.82, 2.24) is 9.38 Å². The molecule has 1 aromatic carbocycles. The second kappa shape index (κ2) is 9.15. The molecule has 2 heterocycles. The number of rotatable bonds is 4. The van der Waals surface area contributed by atoms with Gasteiger partial charge in [0.15, 0.2) is 13.0 Å². The molecule has 2 fully saturated rings. The average molecular weight is 435 g/mol. The number of halogens is 1. The van der Waals surface area contributed by atoms with Gasteiger partial charge in [-0.15, -0.1) is 0 Å². The van der Waals surface area contributed by atoms with E-state index in [0.717, 1.165) is 28.1 Å². The molecule has 1 aliphatic carbocycles. The summed E-state index contributed by atoms with van der Waals surface area (Å²) in [5.74, 6) is 0.757. The molecule has 1 saturated carbocycles. The Bertz CT molecular complexity index is 756. The molecule has 1 saturated heterocycles. The molecule has 5 nitrogen and oxygen atoms in total. The van der Waals surface area contributed by atoms with E-state index in [2.05, 4.69) is 37.5 Å². The van der Waals surface area contributed by atoms with E-state index in [1.165, 1.54) is 70.1 Å². The summed E-state index contributed by atoms with van der Waals surface area (Å²) >= 11 is 6.63. The molecule has 2 atom stereocenters. The highest BCUT2D eigenvalue weighted by Gasteiger charge is 2.50. The molecule has 6 heteroatoms. The van der Waals surface area contributed by atoms with E-state index in [0.29, 0.717) is 17.1 Å². The van der Waals surface area contributed by atoms with E-state index in [4.69, 9.17) is 21.3 Å². The first-order valence-electron chi connectivity index (χ1n) is 11.7. The Morgan fingerprint density at radius 3 is 2.37 bits per heavy atom. The van der Waals surface area contributed by atoms with Crippen LogP contribution in [0.4, 0.5) is 5.69 Å². The van der Waals surface area contributed by atoms with Crippen LogP contribution in [-0.2, 0) is 0 Å². The van der Waals surface area contributed by atoms with Crippen molar-refractivity contribution in [3.63, 3.8) is 0 Å². The van der Waals surface area contributed by atoms with Gasteiger partial charge >= 0.3 is 0 Å². The zero-order chi connectivity index (χ0) is 21.2. The lowest BCUT2D eigenvalue weighted by atomic mass is 9.99. The van der Waals surface area contributed by atoms with E-state index in [1.807, 2.05) is 6.07 Å². The van der Waals surface area contributed by atoms with Gasteiger partial charge in [0, 0.05) is 50.9 Å². The minimum absolute atomic E-state index is 0.609. The molecule has 0 N–H and O–H groups in total. The van der Waals surface area contributed by atoms with Crippen molar-refractivity contribution < 1.29 is 9.22 Å². The molecular weight excluding hydrogens is 396 g/mol. The highest BCUT2D eigenvalue weighted by Crippen LogP contribution is 2.40. The van der Waals surface area contributed by atoms with Gasteiger partial charge in [-0.05, 0) is 26.0 Å². The van der Waals surface area contributed by atoms with Crippen LogP contribution >= 0.6 is 11.6 Å². The maximum atomic E-state index is 6.63. The molecule has 3 aliphatic rings.